The molecule has 1 unspecified atom stereocenters. The molecule has 4 rings (SSSR count). The second-order valence-electron chi connectivity index (χ2n) is 7.82. The minimum absolute atomic E-state index is 0.223. The van der Waals surface area contributed by atoms with E-state index in [4.69, 9.17) is 38.1 Å². The molecule has 1 atom stereocenters. The Kier molecular flexibility index (Phi) is 7.30. The Labute approximate surface area is 204 Å². The van der Waals surface area contributed by atoms with Gasteiger partial charge in [0.2, 0.25) is 5.82 Å². The second-order valence-corrected chi connectivity index (χ2v) is 8.65. The van der Waals surface area contributed by atoms with E-state index in [1.807, 2.05) is 55.5 Å². The standard InChI is InChI=1S/C25H27ClN4O2S/c1-4-6-14-30-16(3)21(24-28-23(29-32-24)18-8-7-9-19(26)15-18)22(27-25(30)33)17-10-12-20(13-11-17)31-5-2/h7-13,15,22H,4-6,14H2,1-3H3,(H,27,33). The molecule has 2 heterocycles. The molecule has 33 heavy (non-hydrogen) atoms. The topological polar surface area (TPSA) is 63.4 Å². The lowest BCUT2D eigenvalue weighted by molar-refractivity contribution is 0.340. The molecule has 0 bridgehead atoms. The number of allylic oxidation sites excluding steroid dienone is 1. The highest BCUT2D eigenvalue weighted by molar-refractivity contribution is 7.80. The summed E-state index contributed by atoms with van der Waals surface area (Å²) in [5.41, 5.74) is 3.75. The summed E-state index contributed by atoms with van der Waals surface area (Å²) in [7, 11) is 0. The van der Waals surface area contributed by atoms with Crippen LogP contribution in [0, 0.1) is 0 Å². The molecule has 6 nitrogen and oxygen atoms in total. The van der Waals surface area contributed by atoms with Gasteiger partial charge in [0.05, 0.1) is 18.2 Å². The van der Waals surface area contributed by atoms with Crippen molar-refractivity contribution in [3.8, 4) is 17.1 Å². The zero-order chi connectivity index (χ0) is 23.4. The number of hydrogen-bond acceptors (Lipinski definition) is 5. The summed E-state index contributed by atoms with van der Waals surface area (Å²) in [5, 5.41) is 9.04. The van der Waals surface area contributed by atoms with Crippen LogP contribution in [-0.2, 0) is 0 Å². The van der Waals surface area contributed by atoms with Gasteiger partial charge in [0.25, 0.3) is 5.89 Å². The maximum absolute atomic E-state index is 6.16. The summed E-state index contributed by atoms with van der Waals surface area (Å²) < 4.78 is 11.4. The zero-order valence-corrected chi connectivity index (χ0v) is 20.5. The van der Waals surface area contributed by atoms with Crippen molar-refractivity contribution in [1.29, 1.82) is 0 Å². The van der Waals surface area contributed by atoms with Crippen molar-refractivity contribution in [3.05, 3.63) is 70.7 Å². The van der Waals surface area contributed by atoms with Crippen LogP contribution in [0.4, 0.5) is 0 Å². The molecule has 1 aliphatic rings. The molecule has 0 amide bonds. The summed E-state index contributed by atoms with van der Waals surface area (Å²) >= 11 is 11.9. The molecular formula is C25H27ClN4O2S. The van der Waals surface area contributed by atoms with Gasteiger partial charge in [0, 0.05) is 22.8 Å². The number of ether oxygens (including phenoxy) is 1. The van der Waals surface area contributed by atoms with Gasteiger partial charge in [0.15, 0.2) is 5.11 Å². The molecule has 3 aromatic rings. The zero-order valence-electron chi connectivity index (χ0n) is 19.0. The quantitative estimate of drug-likeness (QED) is 0.380. The fourth-order valence-corrected chi connectivity index (χ4v) is 4.43. The molecule has 0 spiro atoms. The monoisotopic (exact) mass is 482 g/mol. The number of nitrogens with zero attached hydrogens (tertiary/aromatic N) is 3. The first-order valence-corrected chi connectivity index (χ1v) is 11.9. The van der Waals surface area contributed by atoms with Gasteiger partial charge in [-0.25, -0.2) is 0 Å². The highest BCUT2D eigenvalue weighted by Gasteiger charge is 2.33. The van der Waals surface area contributed by atoms with Crippen LogP contribution in [0.2, 0.25) is 5.02 Å². The Morgan fingerprint density at radius 2 is 1.97 bits per heavy atom. The SMILES string of the molecule is CCCCN1C(=S)NC(c2ccc(OCC)cc2)C(c2nc(-c3cccc(Cl)c3)no2)=C1C. The van der Waals surface area contributed by atoms with Crippen LogP contribution in [0.25, 0.3) is 17.0 Å². The smallest absolute Gasteiger partial charge is 0.258 e. The summed E-state index contributed by atoms with van der Waals surface area (Å²) in [4.78, 5) is 6.84. The van der Waals surface area contributed by atoms with E-state index in [-0.39, 0.29) is 6.04 Å². The Bertz CT molecular complexity index is 1160. The number of halogens is 1. The van der Waals surface area contributed by atoms with Crippen molar-refractivity contribution >= 4 is 34.5 Å². The lowest BCUT2D eigenvalue weighted by atomic mass is 9.94. The third-order valence-corrected chi connectivity index (χ3v) is 6.17. The summed E-state index contributed by atoms with van der Waals surface area (Å²) in [6, 6.07) is 15.2. The average Bonchev–Trinajstić information content (AvgIpc) is 3.29. The predicted molar refractivity (Wildman–Crippen MR) is 135 cm³/mol. The van der Waals surface area contributed by atoms with E-state index >= 15 is 0 Å². The number of aromatic nitrogens is 2. The third kappa shape index (κ3) is 5.04. The molecule has 0 saturated heterocycles. The van der Waals surface area contributed by atoms with Gasteiger partial charge in [0.1, 0.15) is 5.75 Å². The van der Waals surface area contributed by atoms with E-state index < -0.39 is 0 Å². The summed E-state index contributed by atoms with van der Waals surface area (Å²) in [5.74, 6) is 1.77. The van der Waals surface area contributed by atoms with E-state index in [1.165, 1.54) is 0 Å². The molecule has 0 radical (unpaired) electrons. The van der Waals surface area contributed by atoms with Gasteiger partial charge >= 0.3 is 0 Å². The Morgan fingerprint density at radius 3 is 2.67 bits per heavy atom. The first-order chi connectivity index (χ1) is 16.0. The number of thiocarbonyl (C=S) groups is 1. The highest BCUT2D eigenvalue weighted by atomic mass is 35.5. The van der Waals surface area contributed by atoms with E-state index in [9.17, 15) is 0 Å². The molecule has 172 valence electrons. The van der Waals surface area contributed by atoms with Crippen LogP contribution in [0.1, 0.15) is 51.1 Å². The number of benzene rings is 2. The van der Waals surface area contributed by atoms with E-state index in [1.54, 1.807) is 0 Å². The van der Waals surface area contributed by atoms with Gasteiger partial charge < -0.3 is 19.5 Å². The van der Waals surface area contributed by atoms with Crippen LogP contribution < -0.4 is 10.1 Å². The Morgan fingerprint density at radius 1 is 1.18 bits per heavy atom. The molecule has 0 aliphatic carbocycles. The lowest BCUT2D eigenvalue weighted by Gasteiger charge is -2.37. The minimum atomic E-state index is -0.223. The van der Waals surface area contributed by atoms with Gasteiger partial charge in [-0.2, -0.15) is 4.98 Å². The molecule has 0 saturated carbocycles. The van der Waals surface area contributed by atoms with Crippen LogP contribution >= 0.6 is 23.8 Å². The Balaban J connectivity index is 1.76. The maximum atomic E-state index is 6.16. The van der Waals surface area contributed by atoms with Gasteiger partial charge in [-0.15, -0.1) is 0 Å². The van der Waals surface area contributed by atoms with E-state index in [0.717, 1.165) is 47.5 Å². The fourth-order valence-electron chi connectivity index (χ4n) is 3.89. The number of rotatable bonds is 8. The molecule has 8 heteroatoms. The first-order valence-electron chi connectivity index (χ1n) is 11.1. The third-order valence-electron chi connectivity index (χ3n) is 5.60. The maximum Gasteiger partial charge on any atom is 0.258 e. The van der Waals surface area contributed by atoms with Crippen LogP contribution in [0.15, 0.2) is 58.8 Å². The van der Waals surface area contributed by atoms with Crippen molar-refractivity contribution in [2.24, 2.45) is 0 Å². The normalized spacial score (nSPS) is 16.2. The fraction of sp³-hybridized carbons (Fsp3) is 0.320. The first kappa shape index (κ1) is 23.3. The molecule has 2 aromatic carbocycles. The molecule has 1 aliphatic heterocycles. The van der Waals surface area contributed by atoms with Crippen molar-refractivity contribution in [2.45, 2.75) is 39.7 Å². The van der Waals surface area contributed by atoms with Crippen molar-refractivity contribution < 1.29 is 9.26 Å². The molecule has 1 N–H and O–H groups in total. The molecular weight excluding hydrogens is 456 g/mol. The van der Waals surface area contributed by atoms with Crippen LogP contribution in [-0.4, -0.2) is 33.3 Å². The number of hydrogen-bond donors (Lipinski definition) is 1. The van der Waals surface area contributed by atoms with Gasteiger partial charge in [-0.1, -0.05) is 54.4 Å². The number of nitrogens with one attached hydrogen (secondary N) is 1. The van der Waals surface area contributed by atoms with Crippen molar-refractivity contribution in [1.82, 2.24) is 20.4 Å². The lowest BCUT2D eigenvalue weighted by Crippen LogP contribution is -2.46. The average molecular weight is 483 g/mol. The Hall–Kier alpha value is -2.90. The largest absolute Gasteiger partial charge is 0.494 e. The highest BCUT2D eigenvalue weighted by Crippen LogP contribution is 2.38. The molecule has 1 aromatic heterocycles. The van der Waals surface area contributed by atoms with E-state index in [2.05, 4.69) is 29.2 Å². The predicted octanol–water partition coefficient (Wildman–Crippen LogP) is 6.25. The van der Waals surface area contributed by atoms with Crippen molar-refractivity contribution in [3.63, 3.8) is 0 Å². The van der Waals surface area contributed by atoms with E-state index in [0.29, 0.717) is 28.5 Å². The summed E-state index contributed by atoms with van der Waals surface area (Å²) in [6.07, 6.45) is 2.10. The summed E-state index contributed by atoms with van der Waals surface area (Å²) in [6.45, 7) is 7.64. The minimum Gasteiger partial charge on any atom is -0.494 e. The van der Waals surface area contributed by atoms with Crippen LogP contribution in [0.3, 0.4) is 0 Å². The van der Waals surface area contributed by atoms with Crippen LogP contribution in [0.5, 0.6) is 5.75 Å². The molecule has 0 fully saturated rings. The van der Waals surface area contributed by atoms with Crippen molar-refractivity contribution in [2.75, 3.05) is 13.2 Å². The second kappa shape index (κ2) is 10.4. The number of unbranched alkanes of at least 4 members (excludes halogenated alkanes) is 1. The van der Waals surface area contributed by atoms with Gasteiger partial charge in [-0.3, -0.25) is 0 Å². The van der Waals surface area contributed by atoms with Gasteiger partial charge in [-0.05, 0) is 62.3 Å².